The molecule has 0 radical (unpaired) electrons. The number of fused-ring (bicyclic) bond motifs is 1. The molecular formula is C35H38FN7O5. The molecule has 1 spiro atoms. The Hall–Kier alpha value is -4.85. The lowest BCUT2D eigenvalue weighted by atomic mass is 9.74. The van der Waals surface area contributed by atoms with Crippen molar-refractivity contribution in [2.24, 2.45) is 12.5 Å². The number of nitrogens with one attached hydrogen (secondary N) is 2. The van der Waals surface area contributed by atoms with E-state index in [-0.39, 0.29) is 28.5 Å². The van der Waals surface area contributed by atoms with Crippen LogP contribution >= 0.6 is 0 Å². The Kier molecular flexibility index (Phi) is 8.58. The summed E-state index contributed by atoms with van der Waals surface area (Å²) in [6.07, 6.45) is 4.64. The standard InChI is InChI=1S/C35H38FN7O5/c1-22-30(34(45)43(42(22)3)24-7-5-4-6-8-24)33(44)38-23-9-10-27(26(36)17-23)48-28-11-14-37-32-31(28)39-29(40-32)19-41(2)25-18-35(21-47-20-25)12-15-46-16-13-35/h4-11,14,17,25H,12-13,15-16,18-21H2,1-3H3,(H,38,44)(H,37,39,40). The lowest BCUT2D eigenvalue weighted by Gasteiger charge is -2.45. The first-order valence-electron chi connectivity index (χ1n) is 16.0. The third-order valence-corrected chi connectivity index (χ3v) is 9.56. The van der Waals surface area contributed by atoms with Crippen LogP contribution in [0.2, 0.25) is 0 Å². The summed E-state index contributed by atoms with van der Waals surface area (Å²) in [5, 5.41) is 2.65. The molecule has 2 saturated heterocycles. The van der Waals surface area contributed by atoms with Gasteiger partial charge < -0.3 is 24.5 Å². The molecule has 250 valence electrons. The largest absolute Gasteiger partial charge is 0.452 e. The van der Waals surface area contributed by atoms with Gasteiger partial charge in [-0.15, -0.1) is 0 Å². The number of aromatic amines is 1. The molecule has 5 aromatic rings. The zero-order chi connectivity index (χ0) is 33.4. The molecule has 1 amide bonds. The highest BCUT2D eigenvalue weighted by Crippen LogP contribution is 2.39. The molecule has 2 aliphatic rings. The van der Waals surface area contributed by atoms with Crippen LogP contribution in [0.4, 0.5) is 10.1 Å². The molecule has 48 heavy (non-hydrogen) atoms. The molecule has 1 unspecified atom stereocenters. The van der Waals surface area contributed by atoms with E-state index in [0.29, 0.717) is 47.3 Å². The molecule has 13 heteroatoms. The van der Waals surface area contributed by atoms with Crippen molar-refractivity contribution in [2.45, 2.75) is 38.8 Å². The third kappa shape index (κ3) is 6.12. The summed E-state index contributed by atoms with van der Waals surface area (Å²) >= 11 is 0. The van der Waals surface area contributed by atoms with Gasteiger partial charge in [0.15, 0.2) is 23.0 Å². The number of nitrogens with zero attached hydrogens (tertiary/aromatic N) is 5. The Bertz CT molecular complexity index is 2010. The number of H-pyrrole nitrogens is 1. The first kappa shape index (κ1) is 31.7. The molecular weight excluding hydrogens is 617 g/mol. The van der Waals surface area contributed by atoms with Crippen LogP contribution < -0.4 is 15.6 Å². The summed E-state index contributed by atoms with van der Waals surface area (Å²) in [5.41, 5.74) is 1.96. The van der Waals surface area contributed by atoms with Crippen molar-refractivity contribution in [3.63, 3.8) is 0 Å². The minimum atomic E-state index is -0.692. The van der Waals surface area contributed by atoms with Crippen molar-refractivity contribution in [1.82, 2.24) is 29.2 Å². The second-order valence-electron chi connectivity index (χ2n) is 12.7. The second-order valence-corrected chi connectivity index (χ2v) is 12.7. The summed E-state index contributed by atoms with van der Waals surface area (Å²) in [6.45, 7) is 5.24. The predicted molar refractivity (Wildman–Crippen MR) is 177 cm³/mol. The maximum atomic E-state index is 15.4. The monoisotopic (exact) mass is 655 g/mol. The van der Waals surface area contributed by atoms with Gasteiger partial charge in [0.25, 0.3) is 11.5 Å². The fourth-order valence-corrected chi connectivity index (χ4v) is 6.73. The highest BCUT2D eigenvalue weighted by molar-refractivity contribution is 6.05. The molecule has 0 bridgehead atoms. The number of likely N-dealkylation sites (N-methyl/N-ethyl adjacent to an activating group) is 1. The van der Waals surface area contributed by atoms with Gasteiger partial charge in [0, 0.05) is 50.3 Å². The normalized spacial score (nSPS) is 17.6. The average molecular weight is 656 g/mol. The van der Waals surface area contributed by atoms with Crippen LogP contribution in [0.15, 0.2) is 65.6 Å². The summed E-state index contributed by atoms with van der Waals surface area (Å²) in [7, 11) is 3.77. The van der Waals surface area contributed by atoms with Crippen molar-refractivity contribution in [2.75, 3.05) is 38.8 Å². The first-order valence-corrected chi connectivity index (χ1v) is 16.0. The van der Waals surface area contributed by atoms with Crippen molar-refractivity contribution in [3.05, 3.63) is 94.0 Å². The number of para-hydroxylation sites is 1. The summed E-state index contributed by atoms with van der Waals surface area (Å²) < 4.78 is 36.0. The van der Waals surface area contributed by atoms with E-state index < -0.39 is 17.3 Å². The number of imidazole rings is 1. The van der Waals surface area contributed by atoms with Gasteiger partial charge >= 0.3 is 0 Å². The van der Waals surface area contributed by atoms with E-state index in [9.17, 15) is 9.59 Å². The summed E-state index contributed by atoms with van der Waals surface area (Å²) in [6, 6.07) is 15.0. The molecule has 2 N–H and O–H groups in total. The molecule has 3 aromatic heterocycles. The van der Waals surface area contributed by atoms with Gasteiger partial charge in [-0.25, -0.2) is 19.0 Å². The number of halogens is 1. The van der Waals surface area contributed by atoms with Crippen molar-refractivity contribution in [1.29, 1.82) is 0 Å². The highest BCUT2D eigenvalue weighted by Gasteiger charge is 2.40. The molecule has 0 saturated carbocycles. The molecule has 2 fully saturated rings. The van der Waals surface area contributed by atoms with Gasteiger partial charge in [-0.2, -0.15) is 0 Å². The van der Waals surface area contributed by atoms with E-state index >= 15 is 4.39 Å². The van der Waals surface area contributed by atoms with Crippen molar-refractivity contribution >= 4 is 22.8 Å². The number of benzene rings is 2. The Labute approximate surface area is 276 Å². The van der Waals surface area contributed by atoms with E-state index in [2.05, 4.69) is 32.2 Å². The zero-order valence-electron chi connectivity index (χ0n) is 27.2. The minimum absolute atomic E-state index is 0.0268. The van der Waals surface area contributed by atoms with Crippen LogP contribution in [0, 0.1) is 18.2 Å². The predicted octanol–water partition coefficient (Wildman–Crippen LogP) is 4.96. The van der Waals surface area contributed by atoms with E-state index in [1.807, 2.05) is 18.2 Å². The number of anilines is 1. The Balaban J connectivity index is 1.05. The molecule has 5 heterocycles. The van der Waals surface area contributed by atoms with Gasteiger partial charge in [0.1, 0.15) is 16.9 Å². The zero-order valence-corrected chi connectivity index (χ0v) is 27.2. The van der Waals surface area contributed by atoms with Crippen LogP contribution in [0.1, 0.15) is 41.1 Å². The lowest BCUT2D eigenvalue weighted by molar-refractivity contribution is -0.102. The summed E-state index contributed by atoms with van der Waals surface area (Å²) in [5.74, 6) is -0.297. The second kappa shape index (κ2) is 13.0. The number of carbonyl (C=O) groups excluding carboxylic acids is 1. The topological polar surface area (TPSA) is 129 Å². The van der Waals surface area contributed by atoms with E-state index in [1.54, 1.807) is 43.0 Å². The van der Waals surface area contributed by atoms with Gasteiger partial charge in [-0.1, -0.05) is 18.2 Å². The quantitative estimate of drug-likeness (QED) is 0.240. The van der Waals surface area contributed by atoms with Crippen LogP contribution in [0.3, 0.4) is 0 Å². The lowest BCUT2D eigenvalue weighted by Crippen LogP contribution is -2.48. The van der Waals surface area contributed by atoms with E-state index in [4.69, 9.17) is 14.2 Å². The molecule has 2 aliphatic heterocycles. The van der Waals surface area contributed by atoms with Crippen LogP contribution in [-0.4, -0.2) is 74.6 Å². The van der Waals surface area contributed by atoms with Gasteiger partial charge in [0.05, 0.1) is 31.1 Å². The van der Waals surface area contributed by atoms with Crippen LogP contribution in [0.25, 0.3) is 16.9 Å². The van der Waals surface area contributed by atoms with Crippen molar-refractivity contribution < 1.29 is 23.4 Å². The third-order valence-electron chi connectivity index (χ3n) is 9.56. The molecule has 0 aliphatic carbocycles. The maximum Gasteiger partial charge on any atom is 0.284 e. The molecule has 2 aromatic carbocycles. The van der Waals surface area contributed by atoms with E-state index in [0.717, 1.165) is 45.1 Å². The number of hydrogen-bond donors (Lipinski definition) is 2. The van der Waals surface area contributed by atoms with Gasteiger partial charge in [-0.05, 0) is 62.9 Å². The first-order chi connectivity index (χ1) is 23.2. The molecule has 7 rings (SSSR count). The number of rotatable bonds is 8. The Morgan fingerprint density at radius 3 is 2.71 bits per heavy atom. The SMILES string of the molecule is Cc1c(C(=O)Nc2ccc(Oc3ccnc4nc(CN(C)C5COCC6(CCOCC6)C5)[nH]c34)c(F)c2)c(=O)n(-c2ccccc2)n1C. The fourth-order valence-electron chi connectivity index (χ4n) is 6.73. The van der Waals surface area contributed by atoms with Crippen molar-refractivity contribution in [3.8, 4) is 17.2 Å². The Morgan fingerprint density at radius 2 is 1.94 bits per heavy atom. The highest BCUT2D eigenvalue weighted by atomic mass is 19.1. The number of hydrogen-bond acceptors (Lipinski definition) is 8. The molecule has 1 atom stereocenters. The average Bonchev–Trinajstić information content (AvgIpc) is 3.59. The van der Waals surface area contributed by atoms with Crippen LogP contribution in [0.5, 0.6) is 11.5 Å². The van der Waals surface area contributed by atoms with Gasteiger partial charge in [-0.3, -0.25) is 19.2 Å². The number of pyridine rings is 1. The fraction of sp³-hybridized carbons (Fsp3) is 0.371. The smallest absolute Gasteiger partial charge is 0.284 e. The summed E-state index contributed by atoms with van der Waals surface area (Å²) in [4.78, 5) is 41.1. The number of amides is 1. The maximum absolute atomic E-state index is 15.4. The molecule has 12 nitrogen and oxygen atoms in total. The number of carbonyl (C=O) groups is 1. The van der Waals surface area contributed by atoms with Crippen LogP contribution in [-0.2, 0) is 23.1 Å². The van der Waals surface area contributed by atoms with E-state index in [1.165, 1.54) is 16.8 Å². The van der Waals surface area contributed by atoms with Gasteiger partial charge in [0.2, 0.25) is 0 Å². The number of ether oxygens (including phenoxy) is 3. The number of aromatic nitrogens is 5. The Morgan fingerprint density at radius 1 is 1.15 bits per heavy atom. The minimum Gasteiger partial charge on any atom is -0.452 e.